The van der Waals surface area contributed by atoms with Crippen LogP contribution in [0.25, 0.3) is 0 Å². The first-order chi connectivity index (χ1) is 14.8. The lowest BCUT2D eigenvalue weighted by Gasteiger charge is -2.23. The van der Waals surface area contributed by atoms with Gasteiger partial charge in [0, 0.05) is 19.1 Å². The summed E-state index contributed by atoms with van der Waals surface area (Å²) in [5, 5.41) is 2.96. The molecular weight excluding hydrogens is 478 g/mol. The Labute approximate surface area is 194 Å². The van der Waals surface area contributed by atoms with E-state index < -0.39 is 32.5 Å². The summed E-state index contributed by atoms with van der Waals surface area (Å²) >= 11 is 5.98. The van der Waals surface area contributed by atoms with Gasteiger partial charge in [0.1, 0.15) is 18.9 Å². The number of hydrogen-bond donors (Lipinski definition) is 1. The van der Waals surface area contributed by atoms with Gasteiger partial charge in [0.25, 0.3) is 0 Å². The molecule has 0 atom stereocenters. The Hall–Kier alpha value is -2.34. The number of hydrogen-bond acceptors (Lipinski definition) is 6. The van der Waals surface area contributed by atoms with Crippen LogP contribution in [0.1, 0.15) is 5.56 Å². The zero-order valence-electron chi connectivity index (χ0n) is 18.2. The van der Waals surface area contributed by atoms with Crippen LogP contribution in [-0.4, -0.2) is 67.1 Å². The average molecular weight is 504 g/mol. The predicted octanol–water partition coefficient (Wildman–Crippen LogP) is 1.86. The van der Waals surface area contributed by atoms with Gasteiger partial charge in [-0.15, -0.1) is 0 Å². The SMILES string of the molecule is Cc1ccc(Cl)cc1N(CC(=O)NCCOc1ccc(S(=O)(=O)N(C)C)cc1)S(C)(=O)=O. The maximum Gasteiger partial charge on any atom is 0.242 e. The molecule has 0 radical (unpaired) electrons. The summed E-state index contributed by atoms with van der Waals surface area (Å²) in [4.78, 5) is 12.5. The van der Waals surface area contributed by atoms with E-state index >= 15 is 0 Å². The number of benzene rings is 2. The lowest BCUT2D eigenvalue weighted by atomic mass is 10.2. The van der Waals surface area contributed by atoms with Crippen molar-refractivity contribution >= 4 is 43.2 Å². The molecular formula is C20H26ClN3O6S2. The zero-order chi connectivity index (χ0) is 24.1. The van der Waals surface area contributed by atoms with Crippen LogP contribution < -0.4 is 14.4 Å². The number of aryl methyl sites for hydroxylation is 1. The maximum absolute atomic E-state index is 12.3. The first kappa shape index (κ1) is 25.9. The summed E-state index contributed by atoms with van der Waals surface area (Å²) in [6.07, 6.45) is 1.02. The number of amides is 1. The molecule has 0 aliphatic carbocycles. The van der Waals surface area contributed by atoms with Crippen molar-refractivity contribution in [3.05, 3.63) is 53.1 Å². The second kappa shape index (κ2) is 10.5. The van der Waals surface area contributed by atoms with Crippen molar-refractivity contribution < 1.29 is 26.4 Å². The van der Waals surface area contributed by atoms with Gasteiger partial charge in [0.15, 0.2) is 0 Å². The maximum atomic E-state index is 12.3. The van der Waals surface area contributed by atoms with Crippen LogP contribution in [0.4, 0.5) is 5.69 Å². The fourth-order valence-corrected chi connectivity index (χ4v) is 4.67. The van der Waals surface area contributed by atoms with E-state index in [1.54, 1.807) is 19.1 Å². The summed E-state index contributed by atoms with van der Waals surface area (Å²) < 4.78 is 56.2. The van der Waals surface area contributed by atoms with Crippen LogP contribution in [0.3, 0.4) is 0 Å². The summed E-state index contributed by atoms with van der Waals surface area (Å²) in [5.41, 5.74) is 0.995. The van der Waals surface area contributed by atoms with Gasteiger partial charge in [-0.2, -0.15) is 0 Å². The van der Waals surface area contributed by atoms with Gasteiger partial charge < -0.3 is 10.1 Å². The smallest absolute Gasteiger partial charge is 0.242 e. The van der Waals surface area contributed by atoms with Gasteiger partial charge in [0.2, 0.25) is 26.0 Å². The third-order valence-corrected chi connectivity index (χ3v) is 7.61. The van der Waals surface area contributed by atoms with Crippen molar-refractivity contribution in [3.63, 3.8) is 0 Å². The lowest BCUT2D eigenvalue weighted by molar-refractivity contribution is -0.119. The molecule has 0 aliphatic heterocycles. The quantitative estimate of drug-likeness (QED) is 0.495. The Kier molecular flexibility index (Phi) is 8.52. The van der Waals surface area contributed by atoms with Crippen LogP contribution in [-0.2, 0) is 24.8 Å². The topological polar surface area (TPSA) is 113 Å². The fourth-order valence-electron chi connectivity index (χ4n) is 2.70. The van der Waals surface area contributed by atoms with Crippen LogP contribution >= 0.6 is 11.6 Å². The molecule has 0 spiro atoms. The standard InChI is InChI=1S/C20H26ClN3O6S2/c1-15-5-6-16(21)13-19(15)24(31(4,26)27)14-20(25)22-11-12-30-17-7-9-18(10-8-17)32(28,29)23(2)3/h5-10,13H,11-12,14H2,1-4H3,(H,22,25). The molecule has 0 unspecified atom stereocenters. The Bertz CT molecular complexity index is 1170. The monoisotopic (exact) mass is 503 g/mol. The van der Waals surface area contributed by atoms with Gasteiger partial charge in [-0.1, -0.05) is 17.7 Å². The summed E-state index contributed by atoms with van der Waals surface area (Å²) in [7, 11) is -4.35. The van der Waals surface area contributed by atoms with Gasteiger partial charge in [-0.25, -0.2) is 21.1 Å². The summed E-state index contributed by atoms with van der Waals surface area (Å²) in [6.45, 7) is 1.56. The molecule has 12 heteroatoms. The van der Waals surface area contributed by atoms with Crippen molar-refractivity contribution in [2.45, 2.75) is 11.8 Å². The number of sulfonamides is 2. The van der Waals surface area contributed by atoms with Crippen molar-refractivity contribution in [1.29, 1.82) is 0 Å². The largest absolute Gasteiger partial charge is 0.492 e. The number of nitrogens with one attached hydrogen (secondary N) is 1. The summed E-state index contributed by atoms with van der Waals surface area (Å²) in [5.74, 6) is -0.0740. The van der Waals surface area contributed by atoms with Crippen LogP contribution in [0.2, 0.25) is 5.02 Å². The number of ether oxygens (including phenoxy) is 1. The van der Waals surface area contributed by atoms with Crippen molar-refractivity contribution in [3.8, 4) is 5.75 Å². The Morgan fingerprint density at radius 1 is 1.06 bits per heavy atom. The normalized spacial score (nSPS) is 11.9. The second-order valence-electron chi connectivity index (χ2n) is 7.16. The molecule has 32 heavy (non-hydrogen) atoms. The van der Waals surface area contributed by atoms with E-state index in [4.69, 9.17) is 16.3 Å². The molecule has 0 aliphatic rings. The highest BCUT2D eigenvalue weighted by atomic mass is 35.5. The van der Waals surface area contributed by atoms with E-state index in [9.17, 15) is 21.6 Å². The zero-order valence-corrected chi connectivity index (χ0v) is 20.6. The van der Waals surface area contributed by atoms with E-state index in [1.807, 2.05) is 0 Å². The molecule has 0 aromatic heterocycles. The second-order valence-corrected chi connectivity index (χ2v) is 11.7. The predicted molar refractivity (Wildman–Crippen MR) is 124 cm³/mol. The van der Waals surface area contributed by atoms with Crippen LogP contribution in [0.5, 0.6) is 5.75 Å². The molecule has 1 amide bonds. The van der Waals surface area contributed by atoms with Crippen molar-refractivity contribution in [1.82, 2.24) is 9.62 Å². The lowest BCUT2D eigenvalue weighted by Crippen LogP contribution is -2.41. The summed E-state index contributed by atoms with van der Waals surface area (Å²) in [6, 6.07) is 10.7. The van der Waals surface area contributed by atoms with Crippen molar-refractivity contribution in [2.75, 3.05) is 44.4 Å². The highest BCUT2D eigenvalue weighted by molar-refractivity contribution is 7.92. The minimum atomic E-state index is -3.72. The van der Waals surface area contributed by atoms with E-state index in [2.05, 4.69) is 5.32 Å². The molecule has 2 aromatic carbocycles. The molecule has 2 rings (SSSR count). The first-order valence-electron chi connectivity index (χ1n) is 9.48. The molecule has 9 nitrogen and oxygen atoms in total. The Balaban J connectivity index is 1.93. The third-order valence-electron chi connectivity index (χ3n) is 4.42. The number of rotatable bonds is 10. The number of carbonyl (C=O) groups excluding carboxylic acids is 1. The van der Waals surface area contributed by atoms with E-state index in [0.717, 1.165) is 14.9 Å². The van der Waals surface area contributed by atoms with Gasteiger partial charge in [-0.3, -0.25) is 9.10 Å². The molecule has 1 N–H and O–H groups in total. The highest BCUT2D eigenvalue weighted by Crippen LogP contribution is 2.26. The molecule has 176 valence electrons. The highest BCUT2D eigenvalue weighted by Gasteiger charge is 2.22. The van der Waals surface area contributed by atoms with E-state index in [0.29, 0.717) is 22.0 Å². The average Bonchev–Trinajstić information content (AvgIpc) is 2.71. The first-order valence-corrected chi connectivity index (χ1v) is 13.1. The van der Waals surface area contributed by atoms with Gasteiger partial charge in [-0.05, 0) is 48.9 Å². The minimum Gasteiger partial charge on any atom is -0.492 e. The van der Waals surface area contributed by atoms with Crippen molar-refractivity contribution in [2.24, 2.45) is 0 Å². The number of carbonyl (C=O) groups is 1. The van der Waals surface area contributed by atoms with E-state index in [1.165, 1.54) is 44.4 Å². The molecule has 0 saturated heterocycles. The van der Waals surface area contributed by atoms with Gasteiger partial charge in [0.05, 0.1) is 23.4 Å². The number of anilines is 1. The van der Waals surface area contributed by atoms with Crippen LogP contribution in [0.15, 0.2) is 47.4 Å². The fraction of sp³-hybridized carbons (Fsp3) is 0.350. The van der Waals surface area contributed by atoms with Crippen LogP contribution in [0, 0.1) is 6.92 Å². The molecule has 0 fully saturated rings. The molecule has 0 heterocycles. The van der Waals surface area contributed by atoms with E-state index in [-0.39, 0.29) is 18.0 Å². The molecule has 0 saturated carbocycles. The minimum absolute atomic E-state index is 0.112. The number of nitrogens with zero attached hydrogens (tertiary/aromatic N) is 2. The molecule has 0 bridgehead atoms. The molecule has 2 aromatic rings. The Morgan fingerprint density at radius 3 is 2.25 bits per heavy atom. The third kappa shape index (κ3) is 6.83. The van der Waals surface area contributed by atoms with Gasteiger partial charge >= 0.3 is 0 Å². The Morgan fingerprint density at radius 2 is 1.69 bits per heavy atom. The number of halogens is 1.